The van der Waals surface area contributed by atoms with Crippen molar-refractivity contribution in [1.82, 2.24) is 0 Å². The van der Waals surface area contributed by atoms with Gasteiger partial charge in [0, 0.05) is 0 Å². The first-order valence-corrected chi connectivity index (χ1v) is 6.58. The normalized spacial score (nSPS) is 10.0. The molecule has 0 spiro atoms. The van der Waals surface area contributed by atoms with Crippen LogP contribution >= 0.6 is 0 Å². The second-order valence-electron chi connectivity index (χ2n) is 3.13. The molecule has 0 radical (unpaired) electrons. The van der Waals surface area contributed by atoms with Gasteiger partial charge in [0.2, 0.25) is 0 Å². The number of carbonyl (C=O) groups excluding carboxylic acids is 1. The number of fused-ring (bicyclic) bond motifs is 1. The minimum atomic E-state index is -0.352. The van der Waals surface area contributed by atoms with Gasteiger partial charge in [-0.15, -0.1) is 0 Å². The van der Waals surface area contributed by atoms with Gasteiger partial charge in [0.15, 0.2) is 0 Å². The fourth-order valence-corrected chi connectivity index (χ4v) is 3.69. The predicted octanol–water partition coefficient (Wildman–Crippen LogP) is 1.95. The first-order chi connectivity index (χ1) is 7.77. The molecule has 80 valence electrons. The van der Waals surface area contributed by atoms with E-state index < -0.39 is 0 Å². The molecule has 0 unspecified atom stereocenters. The van der Waals surface area contributed by atoms with Crippen molar-refractivity contribution >= 4 is 30.1 Å². The number of ether oxygens (including phenoxy) is 1. The first-order valence-electron chi connectivity index (χ1n) is 4.86. The summed E-state index contributed by atoms with van der Waals surface area (Å²) in [7, 11) is 0. The standard InChI is InChI=1S/C12H9NO2Se/c1-2-15-12(14)11-9(7-13)8-5-3-4-6-10(8)16-11/h3-6H,2H2,1H3. The molecule has 3 nitrogen and oxygen atoms in total. The number of hydrogen-bond donors (Lipinski definition) is 0. The van der Waals surface area contributed by atoms with Crippen LogP contribution in [0.2, 0.25) is 0 Å². The molecular weight excluding hydrogens is 269 g/mol. The quantitative estimate of drug-likeness (QED) is 0.623. The molecule has 0 bridgehead atoms. The molecule has 2 aromatic rings. The zero-order valence-corrected chi connectivity index (χ0v) is 10.4. The van der Waals surface area contributed by atoms with Crippen LogP contribution in [0.3, 0.4) is 0 Å². The molecule has 4 heteroatoms. The van der Waals surface area contributed by atoms with Gasteiger partial charge in [-0.1, -0.05) is 0 Å². The zero-order valence-electron chi connectivity index (χ0n) is 8.69. The summed E-state index contributed by atoms with van der Waals surface area (Å²) in [5, 5.41) is 9.98. The van der Waals surface area contributed by atoms with E-state index in [1.165, 1.54) is 0 Å². The fourth-order valence-electron chi connectivity index (χ4n) is 1.50. The van der Waals surface area contributed by atoms with E-state index in [1.807, 2.05) is 24.3 Å². The maximum atomic E-state index is 11.7. The Morgan fingerprint density at radius 3 is 2.94 bits per heavy atom. The van der Waals surface area contributed by atoms with E-state index in [0.717, 1.165) is 9.65 Å². The van der Waals surface area contributed by atoms with E-state index in [0.29, 0.717) is 16.6 Å². The summed E-state index contributed by atoms with van der Waals surface area (Å²) in [5.41, 5.74) is 0.481. The van der Waals surface area contributed by atoms with Crippen LogP contribution in [0.25, 0.3) is 9.65 Å². The summed E-state index contributed by atoms with van der Waals surface area (Å²) in [5.74, 6) is -0.352. The molecule has 1 aromatic heterocycles. The SMILES string of the molecule is CCOC(=O)c1[se]c2ccccc2c1C#N. The van der Waals surface area contributed by atoms with Crippen LogP contribution in [0, 0.1) is 11.3 Å². The Morgan fingerprint density at radius 1 is 1.50 bits per heavy atom. The first kappa shape index (κ1) is 10.9. The molecule has 0 fully saturated rings. The summed E-state index contributed by atoms with van der Waals surface area (Å²) >= 11 is -0.103. The average molecular weight is 278 g/mol. The van der Waals surface area contributed by atoms with Crippen LogP contribution in [0.4, 0.5) is 0 Å². The third-order valence-corrected chi connectivity index (χ3v) is 4.58. The van der Waals surface area contributed by atoms with E-state index in [9.17, 15) is 4.79 Å². The van der Waals surface area contributed by atoms with Crippen molar-refractivity contribution in [3.05, 3.63) is 34.3 Å². The number of hydrogen-bond acceptors (Lipinski definition) is 3. The molecule has 0 aliphatic carbocycles. The Balaban J connectivity index is 2.62. The van der Waals surface area contributed by atoms with Crippen LogP contribution in [-0.4, -0.2) is 27.1 Å². The molecule has 0 saturated heterocycles. The van der Waals surface area contributed by atoms with Crippen molar-refractivity contribution in [3.63, 3.8) is 0 Å². The van der Waals surface area contributed by atoms with Gasteiger partial charge in [-0.05, 0) is 0 Å². The molecule has 0 aliphatic heterocycles. The Hall–Kier alpha value is -1.56. The number of rotatable bonds is 2. The summed E-state index contributed by atoms with van der Waals surface area (Å²) in [6, 6.07) is 9.73. The molecular formula is C12H9NO2Se. The van der Waals surface area contributed by atoms with Gasteiger partial charge >= 0.3 is 98.8 Å². The summed E-state index contributed by atoms with van der Waals surface area (Å²) < 4.78 is 6.58. The van der Waals surface area contributed by atoms with E-state index in [1.54, 1.807) is 6.92 Å². The summed E-state index contributed by atoms with van der Waals surface area (Å²) in [6.45, 7) is 2.10. The van der Waals surface area contributed by atoms with Crippen molar-refractivity contribution in [3.8, 4) is 6.07 Å². The molecule has 0 atom stereocenters. The number of benzene rings is 1. The number of nitrogens with zero attached hydrogens (tertiary/aromatic N) is 1. The van der Waals surface area contributed by atoms with Gasteiger partial charge < -0.3 is 0 Å². The van der Waals surface area contributed by atoms with Gasteiger partial charge in [-0.3, -0.25) is 0 Å². The molecule has 0 amide bonds. The zero-order chi connectivity index (χ0) is 11.5. The topological polar surface area (TPSA) is 50.1 Å². The molecule has 1 heterocycles. The van der Waals surface area contributed by atoms with Crippen LogP contribution in [0.5, 0.6) is 0 Å². The monoisotopic (exact) mass is 279 g/mol. The van der Waals surface area contributed by atoms with Crippen LogP contribution in [-0.2, 0) is 4.74 Å². The van der Waals surface area contributed by atoms with Gasteiger partial charge in [-0.2, -0.15) is 0 Å². The minimum absolute atomic E-state index is 0.103. The van der Waals surface area contributed by atoms with Gasteiger partial charge in [0.05, 0.1) is 0 Å². The second-order valence-corrected chi connectivity index (χ2v) is 5.34. The van der Waals surface area contributed by atoms with Crippen molar-refractivity contribution in [2.24, 2.45) is 0 Å². The molecule has 16 heavy (non-hydrogen) atoms. The van der Waals surface area contributed by atoms with Crippen molar-refractivity contribution in [2.45, 2.75) is 6.92 Å². The van der Waals surface area contributed by atoms with Crippen molar-refractivity contribution in [1.29, 1.82) is 5.26 Å². The third-order valence-electron chi connectivity index (χ3n) is 2.17. The van der Waals surface area contributed by atoms with Gasteiger partial charge in [0.1, 0.15) is 0 Å². The molecule has 0 N–H and O–H groups in total. The van der Waals surface area contributed by atoms with E-state index in [4.69, 9.17) is 10.00 Å². The van der Waals surface area contributed by atoms with Gasteiger partial charge in [-0.25, -0.2) is 0 Å². The van der Waals surface area contributed by atoms with Gasteiger partial charge in [0.25, 0.3) is 0 Å². The Bertz CT molecular complexity index is 580. The van der Waals surface area contributed by atoms with Crippen molar-refractivity contribution in [2.75, 3.05) is 6.61 Å². The Labute approximate surface area is 99.0 Å². The number of esters is 1. The Morgan fingerprint density at radius 2 is 2.25 bits per heavy atom. The predicted molar refractivity (Wildman–Crippen MR) is 61.6 cm³/mol. The van der Waals surface area contributed by atoms with E-state index >= 15 is 0 Å². The Kier molecular flexibility index (Phi) is 3.09. The van der Waals surface area contributed by atoms with Crippen molar-refractivity contribution < 1.29 is 9.53 Å². The molecule has 1 aromatic carbocycles. The molecule has 0 saturated carbocycles. The maximum absolute atomic E-state index is 11.7. The van der Waals surface area contributed by atoms with Crippen LogP contribution in [0.1, 0.15) is 21.7 Å². The average Bonchev–Trinajstić information content (AvgIpc) is 2.67. The molecule has 0 aliphatic rings. The second kappa shape index (κ2) is 4.52. The van der Waals surface area contributed by atoms with Crippen LogP contribution < -0.4 is 0 Å². The van der Waals surface area contributed by atoms with E-state index in [-0.39, 0.29) is 20.5 Å². The van der Waals surface area contributed by atoms with Crippen LogP contribution in [0.15, 0.2) is 24.3 Å². The molecule has 2 rings (SSSR count). The summed E-state index contributed by atoms with van der Waals surface area (Å²) in [4.78, 5) is 11.7. The fraction of sp³-hybridized carbons (Fsp3) is 0.167. The summed E-state index contributed by atoms with van der Waals surface area (Å²) in [6.07, 6.45) is 0. The van der Waals surface area contributed by atoms with E-state index in [2.05, 4.69) is 6.07 Å². The number of nitriles is 1. The third kappa shape index (κ3) is 1.76. The number of carbonyl (C=O) groups is 1.